The smallest absolute Gasteiger partial charge is 0.262 e. The van der Waals surface area contributed by atoms with Gasteiger partial charge < -0.3 is 5.32 Å². The van der Waals surface area contributed by atoms with Crippen molar-refractivity contribution in [3.8, 4) is 6.07 Å². The molecule has 22 heavy (non-hydrogen) atoms. The second-order valence-corrected chi connectivity index (χ2v) is 5.40. The van der Waals surface area contributed by atoms with Gasteiger partial charge in [-0.25, -0.2) is 0 Å². The number of nitrogens with zero attached hydrogens (tertiary/aromatic N) is 3. The molecule has 1 unspecified atom stereocenters. The van der Waals surface area contributed by atoms with E-state index in [0.717, 1.165) is 16.7 Å². The molecular formula is C17H14N4O. The Morgan fingerprint density at radius 2 is 1.73 bits per heavy atom. The molecule has 2 aromatic heterocycles. The van der Waals surface area contributed by atoms with Crippen LogP contribution >= 0.6 is 0 Å². The Balaban J connectivity index is 2.11. The number of aromatic nitrogens is 2. The van der Waals surface area contributed by atoms with Crippen LogP contribution in [0.5, 0.6) is 0 Å². The summed E-state index contributed by atoms with van der Waals surface area (Å²) >= 11 is 0. The van der Waals surface area contributed by atoms with Gasteiger partial charge in [0.25, 0.3) is 5.91 Å². The highest BCUT2D eigenvalue weighted by atomic mass is 16.1. The third kappa shape index (κ3) is 2.35. The Labute approximate surface area is 128 Å². The van der Waals surface area contributed by atoms with Crippen molar-refractivity contribution >= 4 is 11.5 Å². The van der Waals surface area contributed by atoms with E-state index < -0.39 is 5.54 Å². The second-order valence-electron chi connectivity index (χ2n) is 5.40. The average molecular weight is 290 g/mol. The standard InChI is InChI=1S/C17H14N4O/c1-17(13-4-8-20-9-5-13)10-14(12-2-6-19-7-3-12)15(11-18)16(22)21-17/h2-9H,10H2,1H3,(H,21,22). The molecule has 0 saturated heterocycles. The number of carbonyl (C=O) groups excluding carboxylic acids is 1. The molecule has 0 aromatic carbocycles. The summed E-state index contributed by atoms with van der Waals surface area (Å²) in [6.07, 6.45) is 7.25. The molecule has 3 rings (SSSR count). The van der Waals surface area contributed by atoms with Crippen LogP contribution in [0.4, 0.5) is 0 Å². The summed E-state index contributed by atoms with van der Waals surface area (Å²) in [5.74, 6) is -0.347. The number of hydrogen-bond donors (Lipinski definition) is 1. The number of carbonyl (C=O) groups is 1. The lowest BCUT2D eigenvalue weighted by Crippen LogP contribution is -2.47. The predicted octanol–water partition coefficient (Wildman–Crippen LogP) is 2.19. The minimum Gasteiger partial charge on any atom is -0.342 e. The largest absolute Gasteiger partial charge is 0.342 e. The van der Waals surface area contributed by atoms with Gasteiger partial charge in [0, 0.05) is 31.2 Å². The van der Waals surface area contributed by atoms with Gasteiger partial charge >= 0.3 is 0 Å². The maximum Gasteiger partial charge on any atom is 0.262 e. The fourth-order valence-corrected chi connectivity index (χ4v) is 2.75. The van der Waals surface area contributed by atoms with Gasteiger partial charge in [0.1, 0.15) is 11.6 Å². The van der Waals surface area contributed by atoms with Crippen LogP contribution in [0.1, 0.15) is 24.5 Å². The summed E-state index contributed by atoms with van der Waals surface area (Å²) in [6, 6.07) is 9.42. The predicted molar refractivity (Wildman–Crippen MR) is 81.1 cm³/mol. The summed E-state index contributed by atoms with van der Waals surface area (Å²) in [7, 11) is 0. The third-order valence-corrected chi connectivity index (χ3v) is 3.91. The van der Waals surface area contributed by atoms with E-state index in [1.165, 1.54) is 0 Å². The zero-order valence-corrected chi connectivity index (χ0v) is 12.1. The molecular weight excluding hydrogens is 276 g/mol. The van der Waals surface area contributed by atoms with Crippen LogP contribution in [-0.4, -0.2) is 15.9 Å². The SMILES string of the molecule is CC1(c2ccncc2)CC(c2ccncc2)=C(C#N)C(=O)N1. The number of pyridine rings is 2. The van der Waals surface area contributed by atoms with Crippen LogP contribution in [0.15, 0.2) is 54.6 Å². The van der Waals surface area contributed by atoms with Crippen molar-refractivity contribution in [3.05, 3.63) is 65.8 Å². The van der Waals surface area contributed by atoms with E-state index in [2.05, 4.69) is 15.3 Å². The van der Waals surface area contributed by atoms with E-state index >= 15 is 0 Å². The summed E-state index contributed by atoms with van der Waals surface area (Å²) in [5, 5.41) is 12.3. The van der Waals surface area contributed by atoms with Gasteiger partial charge in [0.2, 0.25) is 0 Å². The molecule has 0 radical (unpaired) electrons. The molecule has 0 fully saturated rings. The maximum absolute atomic E-state index is 12.4. The third-order valence-electron chi connectivity index (χ3n) is 3.91. The van der Waals surface area contributed by atoms with Gasteiger partial charge in [-0.3, -0.25) is 14.8 Å². The monoisotopic (exact) mass is 290 g/mol. The van der Waals surface area contributed by atoms with E-state index in [-0.39, 0.29) is 11.5 Å². The van der Waals surface area contributed by atoms with Crippen LogP contribution in [0.2, 0.25) is 0 Å². The van der Waals surface area contributed by atoms with Crippen molar-refractivity contribution in [2.45, 2.75) is 18.9 Å². The second kappa shape index (κ2) is 5.41. The quantitative estimate of drug-likeness (QED) is 0.919. The minimum absolute atomic E-state index is 0.165. The highest BCUT2D eigenvalue weighted by Gasteiger charge is 2.37. The first kappa shape index (κ1) is 14.0. The summed E-state index contributed by atoms with van der Waals surface area (Å²) in [5.41, 5.74) is 2.14. The molecule has 1 amide bonds. The highest BCUT2D eigenvalue weighted by Crippen LogP contribution is 2.37. The van der Waals surface area contributed by atoms with E-state index in [0.29, 0.717) is 6.42 Å². The number of hydrogen-bond acceptors (Lipinski definition) is 4. The van der Waals surface area contributed by atoms with Crippen molar-refractivity contribution < 1.29 is 4.79 Å². The van der Waals surface area contributed by atoms with Crippen LogP contribution < -0.4 is 5.32 Å². The molecule has 3 heterocycles. The lowest BCUT2D eigenvalue weighted by molar-refractivity contribution is -0.119. The van der Waals surface area contributed by atoms with E-state index in [4.69, 9.17) is 0 Å². The molecule has 0 saturated carbocycles. The van der Waals surface area contributed by atoms with Gasteiger partial charge in [-0.1, -0.05) is 0 Å². The van der Waals surface area contributed by atoms with Crippen LogP contribution in [0, 0.1) is 11.3 Å². The summed E-state index contributed by atoms with van der Waals surface area (Å²) in [6.45, 7) is 1.95. The van der Waals surface area contributed by atoms with E-state index in [1.54, 1.807) is 24.8 Å². The zero-order chi connectivity index (χ0) is 15.6. The van der Waals surface area contributed by atoms with Gasteiger partial charge in [-0.15, -0.1) is 0 Å². The Morgan fingerprint density at radius 3 is 2.32 bits per heavy atom. The van der Waals surface area contributed by atoms with Gasteiger partial charge in [0.15, 0.2) is 0 Å². The number of amides is 1. The Bertz CT molecular complexity index is 777. The van der Waals surface area contributed by atoms with Crippen LogP contribution in [-0.2, 0) is 10.3 Å². The summed E-state index contributed by atoms with van der Waals surface area (Å²) < 4.78 is 0. The molecule has 0 spiro atoms. The molecule has 1 aliphatic rings. The first-order valence-corrected chi connectivity index (χ1v) is 6.91. The molecule has 0 bridgehead atoms. The molecule has 1 N–H and O–H groups in total. The first-order valence-electron chi connectivity index (χ1n) is 6.91. The van der Waals surface area contributed by atoms with E-state index in [9.17, 15) is 10.1 Å². The lowest BCUT2D eigenvalue weighted by Gasteiger charge is -2.36. The Kier molecular flexibility index (Phi) is 3.43. The highest BCUT2D eigenvalue weighted by molar-refractivity contribution is 6.07. The van der Waals surface area contributed by atoms with Crippen LogP contribution in [0.25, 0.3) is 5.57 Å². The Morgan fingerprint density at radius 1 is 1.14 bits per heavy atom. The van der Waals surface area contributed by atoms with Crippen molar-refractivity contribution in [1.82, 2.24) is 15.3 Å². The first-order chi connectivity index (χ1) is 10.6. The van der Waals surface area contributed by atoms with Crippen molar-refractivity contribution in [2.75, 3.05) is 0 Å². The van der Waals surface area contributed by atoms with Gasteiger partial charge in [-0.2, -0.15) is 5.26 Å². The maximum atomic E-state index is 12.4. The zero-order valence-electron chi connectivity index (χ0n) is 12.1. The number of rotatable bonds is 2. The average Bonchev–Trinajstić information content (AvgIpc) is 2.56. The number of nitriles is 1. The fraction of sp³-hybridized carbons (Fsp3) is 0.176. The number of nitrogens with one attached hydrogen (secondary N) is 1. The van der Waals surface area contributed by atoms with Crippen LogP contribution in [0.3, 0.4) is 0 Å². The lowest BCUT2D eigenvalue weighted by atomic mass is 9.79. The molecule has 0 aliphatic carbocycles. The molecule has 2 aromatic rings. The van der Waals surface area contributed by atoms with Crippen molar-refractivity contribution in [2.24, 2.45) is 0 Å². The van der Waals surface area contributed by atoms with E-state index in [1.807, 2.05) is 37.3 Å². The van der Waals surface area contributed by atoms with Gasteiger partial charge in [0.05, 0.1) is 5.54 Å². The normalized spacial score (nSPS) is 21.2. The van der Waals surface area contributed by atoms with Crippen molar-refractivity contribution in [3.63, 3.8) is 0 Å². The molecule has 1 atom stereocenters. The molecule has 1 aliphatic heterocycles. The molecule has 5 heteroatoms. The fourth-order valence-electron chi connectivity index (χ4n) is 2.75. The molecule has 108 valence electrons. The topological polar surface area (TPSA) is 78.7 Å². The molecule has 5 nitrogen and oxygen atoms in total. The summed E-state index contributed by atoms with van der Waals surface area (Å²) in [4.78, 5) is 20.4. The Hall–Kier alpha value is -3.00. The van der Waals surface area contributed by atoms with Gasteiger partial charge in [-0.05, 0) is 47.9 Å². The minimum atomic E-state index is -0.570. The van der Waals surface area contributed by atoms with Crippen molar-refractivity contribution in [1.29, 1.82) is 5.26 Å².